The first-order valence-electron chi connectivity index (χ1n) is 9.37. The smallest absolute Gasteiger partial charge is 0.343 e. The fraction of sp³-hybridized carbons (Fsp3) is 0.650. The lowest BCUT2D eigenvalue weighted by atomic mass is 9.73. The Balaban J connectivity index is 0.00000225. The Morgan fingerprint density at radius 1 is 1.20 bits per heavy atom. The minimum atomic E-state index is -1.50. The average molecular weight is 368 g/mol. The zero-order valence-electron chi connectivity index (χ0n) is 15.0. The Kier molecular flexibility index (Phi) is 7.29. The molecule has 0 aromatic heterocycles. The summed E-state index contributed by atoms with van der Waals surface area (Å²) in [7, 11) is 2.17. The average Bonchev–Trinajstić information content (AvgIpc) is 3.05. The van der Waals surface area contributed by atoms with Gasteiger partial charge in [-0.3, -0.25) is 0 Å². The van der Waals surface area contributed by atoms with Crippen LogP contribution in [-0.4, -0.2) is 37.8 Å². The largest absolute Gasteiger partial charge is 1.00 e. The summed E-state index contributed by atoms with van der Waals surface area (Å²) in [5.74, 6) is -0.0801. The number of aliphatic hydroxyl groups is 1. The number of benzene rings is 1. The molecule has 5 heteroatoms. The van der Waals surface area contributed by atoms with Crippen molar-refractivity contribution < 1.29 is 31.9 Å². The van der Waals surface area contributed by atoms with Gasteiger partial charge in [-0.25, -0.2) is 4.79 Å². The van der Waals surface area contributed by atoms with Crippen LogP contribution in [0.4, 0.5) is 0 Å². The third-order valence-electron chi connectivity index (χ3n) is 5.79. The molecular formula is C20H30ClNO3. The first-order valence-corrected chi connectivity index (χ1v) is 9.37. The molecule has 2 N–H and O–H groups in total. The van der Waals surface area contributed by atoms with Gasteiger partial charge < -0.3 is 27.2 Å². The minimum Gasteiger partial charge on any atom is -1.00 e. The van der Waals surface area contributed by atoms with Gasteiger partial charge in [-0.1, -0.05) is 49.6 Å². The second-order valence-corrected chi connectivity index (χ2v) is 7.63. The van der Waals surface area contributed by atoms with E-state index in [1.165, 1.54) is 11.3 Å². The SMILES string of the molecule is C[NH+]1CCC(COC(=O)C(O)(c2ccccc2)C2CCCCC2)C1.[Cl-]. The van der Waals surface area contributed by atoms with Gasteiger partial charge in [0, 0.05) is 18.3 Å². The predicted octanol–water partition coefficient (Wildman–Crippen LogP) is -1.46. The molecule has 0 spiro atoms. The quantitative estimate of drug-likeness (QED) is 0.625. The lowest BCUT2D eigenvalue weighted by Gasteiger charge is -2.36. The van der Waals surface area contributed by atoms with Crippen LogP contribution in [0.3, 0.4) is 0 Å². The highest BCUT2D eigenvalue weighted by atomic mass is 35.5. The fourth-order valence-corrected chi connectivity index (χ4v) is 4.33. The Morgan fingerprint density at radius 2 is 1.88 bits per heavy atom. The number of halogens is 1. The molecular weight excluding hydrogens is 338 g/mol. The Labute approximate surface area is 157 Å². The Bertz CT molecular complexity index is 547. The summed E-state index contributed by atoms with van der Waals surface area (Å²) in [5, 5.41) is 11.4. The molecule has 3 atom stereocenters. The van der Waals surface area contributed by atoms with Crippen molar-refractivity contribution in [1.29, 1.82) is 0 Å². The number of hydrogen-bond acceptors (Lipinski definition) is 3. The first-order chi connectivity index (χ1) is 11.6. The summed E-state index contributed by atoms with van der Waals surface area (Å²) < 4.78 is 5.64. The molecule has 25 heavy (non-hydrogen) atoms. The van der Waals surface area contributed by atoms with E-state index in [4.69, 9.17) is 4.74 Å². The van der Waals surface area contributed by atoms with E-state index < -0.39 is 11.6 Å². The normalized spacial score (nSPS) is 26.5. The standard InChI is InChI=1S/C20H29NO3.ClH/c1-21-13-12-16(14-21)15-24-19(22)20(23,17-8-4-2-5-9-17)18-10-6-3-7-11-18;/h2,4-5,8-9,16,18,23H,3,6-7,10-15H2,1H3;1H. The number of quaternary nitrogens is 1. The molecule has 1 aliphatic heterocycles. The van der Waals surface area contributed by atoms with Crippen LogP contribution in [0.1, 0.15) is 44.1 Å². The van der Waals surface area contributed by atoms with Crippen molar-refractivity contribution >= 4 is 5.97 Å². The summed E-state index contributed by atoms with van der Waals surface area (Å²) in [5.41, 5.74) is -0.824. The topological polar surface area (TPSA) is 51.0 Å². The molecule has 3 unspecified atom stereocenters. The number of likely N-dealkylation sites (tertiary alicyclic amines) is 1. The van der Waals surface area contributed by atoms with E-state index in [9.17, 15) is 9.90 Å². The van der Waals surface area contributed by atoms with Gasteiger partial charge in [0.2, 0.25) is 0 Å². The van der Waals surface area contributed by atoms with Crippen molar-refractivity contribution in [2.24, 2.45) is 11.8 Å². The number of carbonyl (C=O) groups excluding carboxylic acids is 1. The van der Waals surface area contributed by atoms with Crippen LogP contribution in [0.2, 0.25) is 0 Å². The second kappa shape index (κ2) is 9.02. The van der Waals surface area contributed by atoms with Gasteiger partial charge in [-0.15, -0.1) is 0 Å². The van der Waals surface area contributed by atoms with Crippen molar-refractivity contribution in [2.75, 3.05) is 26.7 Å². The molecule has 140 valence electrons. The van der Waals surface area contributed by atoms with E-state index in [0.29, 0.717) is 18.1 Å². The van der Waals surface area contributed by atoms with Crippen LogP contribution in [0.25, 0.3) is 0 Å². The van der Waals surface area contributed by atoms with E-state index in [1.807, 2.05) is 30.3 Å². The molecule has 1 saturated heterocycles. The Hall–Kier alpha value is -1.10. The zero-order valence-corrected chi connectivity index (χ0v) is 15.8. The molecule has 1 aromatic rings. The Morgan fingerprint density at radius 3 is 2.48 bits per heavy atom. The number of ether oxygens (including phenoxy) is 1. The molecule has 2 aliphatic rings. The van der Waals surface area contributed by atoms with Gasteiger partial charge in [0.15, 0.2) is 5.60 Å². The maximum absolute atomic E-state index is 12.9. The molecule has 1 aromatic carbocycles. The van der Waals surface area contributed by atoms with Crippen molar-refractivity contribution in [3.8, 4) is 0 Å². The van der Waals surface area contributed by atoms with E-state index >= 15 is 0 Å². The highest BCUT2D eigenvalue weighted by Gasteiger charge is 2.47. The summed E-state index contributed by atoms with van der Waals surface area (Å²) >= 11 is 0. The van der Waals surface area contributed by atoms with E-state index in [2.05, 4.69) is 7.05 Å². The fourth-order valence-electron chi connectivity index (χ4n) is 4.33. The van der Waals surface area contributed by atoms with Crippen LogP contribution >= 0.6 is 0 Å². The van der Waals surface area contributed by atoms with Crippen LogP contribution in [0.15, 0.2) is 30.3 Å². The van der Waals surface area contributed by atoms with Gasteiger partial charge in [0.25, 0.3) is 0 Å². The first kappa shape index (κ1) is 20.2. The number of nitrogens with one attached hydrogen (secondary N) is 1. The maximum atomic E-state index is 12.9. The summed E-state index contributed by atoms with van der Waals surface area (Å²) in [6.07, 6.45) is 6.20. The van der Waals surface area contributed by atoms with Crippen LogP contribution < -0.4 is 17.3 Å². The molecule has 3 rings (SSSR count). The van der Waals surface area contributed by atoms with E-state index in [0.717, 1.165) is 45.2 Å². The van der Waals surface area contributed by atoms with Crippen LogP contribution in [-0.2, 0) is 15.1 Å². The molecule has 4 nitrogen and oxygen atoms in total. The number of hydrogen-bond donors (Lipinski definition) is 2. The number of esters is 1. The predicted molar refractivity (Wildman–Crippen MR) is 92.6 cm³/mol. The summed E-state index contributed by atoms with van der Waals surface area (Å²) in [6, 6.07) is 9.37. The van der Waals surface area contributed by atoms with Gasteiger partial charge in [-0.05, 0) is 18.4 Å². The minimum absolute atomic E-state index is 0. The summed E-state index contributed by atoms with van der Waals surface area (Å²) in [6.45, 7) is 2.60. The van der Waals surface area contributed by atoms with Crippen molar-refractivity contribution in [3.63, 3.8) is 0 Å². The number of carbonyl (C=O) groups is 1. The zero-order chi connectivity index (χ0) is 17.0. The van der Waals surface area contributed by atoms with Crippen molar-refractivity contribution in [2.45, 2.75) is 44.1 Å². The number of rotatable bonds is 5. The van der Waals surface area contributed by atoms with Crippen LogP contribution in [0.5, 0.6) is 0 Å². The molecule has 1 heterocycles. The van der Waals surface area contributed by atoms with Crippen molar-refractivity contribution in [1.82, 2.24) is 0 Å². The maximum Gasteiger partial charge on any atom is 0.343 e. The second-order valence-electron chi connectivity index (χ2n) is 7.63. The molecule has 1 saturated carbocycles. The molecule has 0 amide bonds. The monoisotopic (exact) mass is 367 g/mol. The highest BCUT2D eigenvalue weighted by Crippen LogP contribution is 2.40. The van der Waals surface area contributed by atoms with Crippen molar-refractivity contribution in [3.05, 3.63) is 35.9 Å². The molecule has 0 radical (unpaired) electrons. The highest BCUT2D eigenvalue weighted by molar-refractivity contribution is 5.81. The van der Waals surface area contributed by atoms with Crippen LogP contribution in [0, 0.1) is 11.8 Å². The molecule has 0 bridgehead atoms. The lowest BCUT2D eigenvalue weighted by Crippen LogP contribution is -3.07. The van der Waals surface area contributed by atoms with Gasteiger partial charge in [0.1, 0.15) is 0 Å². The molecule has 2 fully saturated rings. The van der Waals surface area contributed by atoms with E-state index in [-0.39, 0.29) is 18.3 Å². The van der Waals surface area contributed by atoms with Gasteiger partial charge in [-0.2, -0.15) is 0 Å². The third kappa shape index (κ3) is 4.55. The molecule has 1 aliphatic carbocycles. The van der Waals surface area contributed by atoms with Gasteiger partial charge in [0.05, 0.1) is 26.7 Å². The van der Waals surface area contributed by atoms with E-state index in [1.54, 1.807) is 0 Å². The van der Waals surface area contributed by atoms with Gasteiger partial charge >= 0.3 is 5.97 Å². The summed E-state index contributed by atoms with van der Waals surface area (Å²) in [4.78, 5) is 14.4. The lowest BCUT2D eigenvalue weighted by molar-refractivity contribution is -0.867. The third-order valence-corrected chi connectivity index (χ3v) is 5.79.